The van der Waals surface area contributed by atoms with Crippen LogP contribution in [0, 0.1) is 20.8 Å². The average Bonchev–Trinajstić information content (AvgIpc) is 2.77. The fraction of sp³-hybridized carbons (Fsp3) is 0.250. The van der Waals surface area contributed by atoms with Gasteiger partial charge in [0.05, 0.1) is 24.1 Å². The lowest BCUT2D eigenvalue weighted by Crippen LogP contribution is -2.19. The first-order valence-electron chi connectivity index (χ1n) is 10.2. The number of aryl methyl sites for hydroxylation is 3. The van der Waals surface area contributed by atoms with Crippen LogP contribution in [0.3, 0.4) is 0 Å². The molecule has 0 atom stereocenters. The smallest absolute Gasteiger partial charge is 0.250 e. The van der Waals surface area contributed by atoms with E-state index >= 15 is 0 Å². The van der Waals surface area contributed by atoms with E-state index in [0.29, 0.717) is 33.8 Å². The third-order valence-electron chi connectivity index (χ3n) is 4.45. The van der Waals surface area contributed by atoms with Gasteiger partial charge in [-0.3, -0.25) is 4.79 Å². The van der Waals surface area contributed by atoms with Gasteiger partial charge in [0.2, 0.25) is 0 Å². The third kappa shape index (κ3) is 7.47. The summed E-state index contributed by atoms with van der Waals surface area (Å²) >= 11 is 7.67. The van der Waals surface area contributed by atoms with Crippen LogP contribution in [0.2, 0.25) is 5.02 Å². The molecule has 0 saturated heterocycles. The number of thioether (sulfide) groups is 1. The molecule has 0 aliphatic rings. The highest BCUT2D eigenvalue weighted by Crippen LogP contribution is 2.36. The number of carbonyl (C=O) groups is 1. The van der Waals surface area contributed by atoms with E-state index < -0.39 is 0 Å². The number of amides is 1. The first-order chi connectivity index (χ1) is 15.8. The maximum Gasteiger partial charge on any atom is 0.250 e. The number of rotatable bonds is 9. The maximum atomic E-state index is 12.1. The Bertz CT molecular complexity index is 1130. The Hall–Kier alpha value is -3.10. The van der Waals surface area contributed by atoms with Gasteiger partial charge >= 0.3 is 0 Å². The van der Waals surface area contributed by atoms with Gasteiger partial charge in [-0.2, -0.15) is 5.10 Å². The summed E-state index contributed by atoms with van der Waals surface area (Å²) in [6, 6.07) is 13.4. The van der Waals surface area contributed by atoms with E-state index in [1.807, 2.05) is 51.1 Å². The number of hydrogen-bond donors (Lipinski definition) is 1. The van der Waals surface area contributed by atoms with Crippen LogP contribution in [-0.4, -0.2) is 35.0 Å². The second-order valence-corrected chi connectivity index (χ2v) is 8.67. The van der Waals surface area contributed by atoms with Crippen molar-refractivity contribution in [3.05, 3.63) is 75.6 Å². The van der Waals surface area contributed by atoms with Crippen LogP contribution in [0.15, 0.2) is 52.7 Å². The van der Waals surface area contributed by atoms with Crippen molar-refractivity contribution in [3.63, 3.8) is 0 Å². The molecule has 0 aliphatic carbocycles. The number of nitrogens with zero attached hydrogens (tertiary/aromatic N) is 3. The fourth-order valence-electron chi connectivity index (χ4n) is 2.89. The van der Waals surface area contributed by atoms with Crippen LogP contribution in [0.25, 0.3) is 0 Å². The van der Waals surface area contributed by atoms with Gasteiger partial charge in [-0.25, -0.2) is 15.4 Å². The van der Waals surface area contributed by atoms with Crippen LogP contribution in [0.4, 0.5) is 0 Å². The van der Waals surface area contributed by atoms with Gasteiger partial charge in [-0.15, -0.1) is 0 Å². The zero-order valence-electron chi connectivity index (χ0n) is 18.9. The van der Waals surface area contributed by atoms with Crippen molar-refractivity contribution in [2.24, 2.45) is 5.10 Å². The standard InChI is InChI=1S/C24H25ClN4O3S/c1-15-5-7-18(8-6-15)13-32-23-20(25)10-19(11-21(23)31-4)12-26-29-22(30)14-33-24-27-16(2)9-17(3)28-24/h5-12H,13-14H2,1-4H3,(H,29,30)/b26-12-. The molecule has 1 amide bonds. The van der Waals surface area contributed by atoms with Crippen molar-refractivity contribution >= 4 is 35.5 Å². The predicted molar refractivity (Wildman–Crippen MR) is 131 cm³/mol. The van der Waals surface area contributed by atoms with Gasteiger partial charge < -0.3 is 9.47 Å². The lowest BCUT2D eigenvalue weighted by molar-refractivity contribution is -0.118. The van der Waals surface area contributed by atoms with E-state index in [1.54, 1.807) is 19.2 Å². The first kappa shape index (κ1) is 24.5. The molecule has 1 aromatic heterocycles. The van der Waals surface area contributed by atoms with Crippen molar-refractivity contribution in [1.82, 2.24) is 15.4 Å². The van der Waals surface area contributed by atoms with Crippen molar-refractivity contribution in [2.45, 2.75) is 32.5 Å². The Balaban J connectivity index is 1.58. The Morgan fingerprint density at radius 3 is 2.48 bits per heavy atom. The Labute approximate surface area is 202 Å². The molecule has 0 aliphatic heterocycles. The van der Waals surface area contributed by atoms with Gasteiger partial charge in [0.25, 0.3) is 5.91 Å². The summed E-state index contributed by atoms with van der Waals surface area (Å²) in [6.07, 6.45) is 1.49. The van der Waals surface area contributed by atoms with Gasteiger partial charge in [-0.1, -0.05) is 53.2 Å². The first-order valence-corrected chi connectivity index (χ1v) is 11.5. The lowest BCUT2D eigenvalue weighted by Gasteiger charge is -2.13. The second-order valence-electron chi connectivity index (χ2n) is 7.32. The molecule has 172 valence electrons. The SMILES string of the molecule is COc1cc(/C=N\NC(=O)CSc2nc(C)cc(C)n2)cc(Cl)c1OCc1ccc(C)cc1. The highest BCUT2D eigenvalue weighted by Gasteiger charge is 2.12. The van der Waals surface area contributed by atoms with Crippen molar-refractivity contribution < 1.29 is 14.3 Å². The molecule has 7 nitrogen and oxygen atoms in total. The lowest BCUT2D eigenvalue weighted by atomic mass is 10.1. The van der Waals surface area contributed by atoms with Crippen LogP contribution >= 0.6 is 23.4 Å². The van der Waals surface area contributed by atoms with Gasteiger partial charge in [-0.05, 0) is 50.1 Å². The number of hydrazone groups is 1. The van der Waals surface area contributed by atoms with Crippen molar-refractivity contribution in [3.8, 4) is 11.5 Å². The highest BCUT2D eigenvalue weighted by molar-refractivity contribution is 7.99. The molecule has 1 N–H and O–H groups in total. The summed E-state index contributed by atoms with van der Waals surface area (Å²) in [5, 5.41) is 4.95. The molecule has 0 unspecified atom stereocenters. The Kier molecular flexibility index (Phi) is 8.68. The van der Waals surface area contributed by atoms with Crippen LogP contribution in [0.5, 0.6) is 11.5 Å². The largest absolute Gasteiger partial charge is 0.493 e. The minimum absolute atomic E-state index is 0.149. The number of nitrogens with one attached hydrogen (secondary N) is 1. The van der Waals surface area contributed by atoms with Crippen LogP contribution < -0.4 is 14.9 Å². The second kappa shape index (κ2) is 11.7. The summed E-state index contributed by atoms with van der Waals surface area (Å²) in [5.74, 6) is 0.807. The normalized spacial score (nSPS) is 10.9. The molecule has 2 aromatic carbocycles. The molecule has 3 aromatic rings. The van der Waals surface area contributed by atoms with E-state index in [2.05, 4.69) is 20.5 Å². The van der Waals surface area contributed by atoms with Crippen molar-refractivity contribution in [2.75, 3.05) is 12.9 Å². The number of carbonyl (C=O) groups excluding carboxylic acids is 1. The zero-order chi connectivity index (χ0) is 23.8. The number of aromatic nitrogens is 2. The number of ether oxygens (including phenoxy) is 2. The molecular weight excluding hydrogens is 460 g/mol. The minimum Gasteiger partial charge on any atom is -0.493 e. The number of halogens is 1. The molecular formula is C24H25ClN4O3S. The average molecular weight is 485 g/mol. The Morgan fingerprint density at radius 2 is 1.82 bits per heavy atom. The Morgan fingerprint density at radius 1 is 1.12 bits per heavy atom. The van der Waals surface area contributed by atoms with E-state index in [1.165, 1.54) is 23.5 Å². The molecule has 0 spiro atoms. The number of hydrogen-bond acceptors (Lipinski definition) is 7. The molecule has 0 bridgehead atoms. The number of benzene rings is 2. The maximum absolute atomic E-state index is 12.1. The fourth-order valence-corrected chi connectivity index (χ4v) is 3.91. The van der Waals surface area contributed by atoms with Gasteiger partial charge in [0.15, 0.2) is 16.7 Å². The van der Waals surface area contributed by atoms with E-state index in [0.717, 1.165) is 17.0 Å². The number of methoxy groups -OCH3 is 1. The van der Waals surface area contributed by atoms with Crippen LogP contribution in [-0.2, 0) is 11.4 Å². The van der Waals surface area contributed by atoms with Crippen molar-refractivity contribution in [1.29, 1.82) is 0 Å². The molecule has 3 rings (SSSR count). The molecule has 33 heavy (non-hydrogen) atoms. The van der Waals surface area contributed by atoms with E-state index in [-0.39, 0.29) is 11.7 Å². The molecule has 0 saturated carbocycles. The summed E-state index contributed by atoms with van der Waals surface area (Å²) in [5.41, 5.74) is 7.08. The quantitative estimate of drug-likeness (QED) is 0.201. The molecule has 1 heterocycles. The summed E-state index contributed by atoms with van der Waals surface area (Å²) in [6.45, 7) is 6.18. The third-order valence-corrected chi connectivity index (χ3v) is 5.58. The van der Waals surface area contributed by atoms with Crippen LogP contribution in [0.1, 0.15) is 28.1 Å². The van der Waals surface area contributed by atoms with E-state index in [4.69, 9.17) is 21.1 Å². The molecule has 0 radical (unpaired) electrons. The van der Waals surface area contributed by atoms with E-state index in [9.17, 15) is 4.79 Å². The monoisotopic (exact) mass is 484 g/mol. The highest BCUT2D eigenvalue weighted by atomic mass is 35.5. The van der Waals surface area contributed by atoms with Gasteiger partial charge in [0, 0.05) is 11.4 Å². The molecule has 9 heteroatoms. The summed E-state index contributed by atoms with van der Waals surface area (Å²) < 4.78 is 11.3. The zero-order valence-corrected chi connectivity index (χ0v) is 20.5. The predicted octanol–water partition coefficient (Wildman–Crippen LogP) is 4.89. The topological polar surface area (TPSA) is 85.7 Å². The molecule has 0 fully saturated rings. The summed E-state index contributed by atoms with van der Waals surface area (Å²) in [4.78, 5) is 20.7. The summed E-state index contributed by atoms with van der Waals surface area (Å²) in [7, 11) is 1.54. The van der Waals surface area contributed by atoms with Gasteiger partial charge in [0.1, 0.15) is 6.61 Å². The minimum atomic E-state index is -0.268.